The van der Waals surface area contributed by atoms with Crippen molar-refractivity contribution in [2.24, 2.45) is 0 Å². The molecule has 0 atom stereocenters. The van der Waals surface area contributed by atoms with Gasteiger partial charge in [0, 0.05) is 17.5 Å². The van der Waals surface area contributed by atoms with Crippen molar-refractivity contribution in [3.8, 4) is 0 Å². The molecule has 1 heterocycles. The molecule has 0 aromatic carbocycles. The van der Waals surface area contributed by atoms with E-state index in [4.69, 9.17) is 0 Å². The largest absolute Gasteiger partial charge is 0.345 e. The van der Waals surface area contributed by atoms with Crippen molar-refractivity contribution in [3.63, 3.8) is 0 Å². The van der Waals surface area contributed by atoms with E-state index in [1.165, 1.54) is 0 Å². The van der Waals surface area contributed by atoms with Crippen LogP contribution in [0.15, 0.2) is 6.20 Å². The Hall–Kier alpha value is -0.940. The number of carbonyl (C=O) groups excluding carboxylic acids is 1. The molecule has 17 heavy (non-hydrogen) atoms. The first kappa shape index (κ1) is 14.1. The second-order valence-corrected chi connectivity index (χ2v) is 5.89. The predicted molar refractivity (Wildman–Crippen MR) is 71.2 cm³/mol. The maximum absolute atomic E-state index is 11.8. The van der Waals surface area contributed by atoms with Crippen LogP contribution < -0.4 is 10.6 Å². The van der Waals surface area contributed by atoms with E-state index in [0.717, 1.165) is 22.9 Å². The molecular weight excluding hydrogens is 234 g/mol. The van der Waals surface area contributed by atoms with Crippen LogP contribution >= 0.6 is 11.3 Å². The molecule has 5 heteroatoms. The number of amides is 1. The Balaban J connectivity index is 2.51. The van der Waals surface area contributed by atoms with Gasteiger partial charge in [-0.05, 0) is 40.8 Å². The van der Waals surface area contributed by atoms with Gasteiger partial charge in [0.25, 0.3) is 0 Å². The van der Waals surface area contributed by atoms with Crippen LogP contribution in [0.3, 0.4) is 0 Å². The van der Waals surface area contributed by atoms with Gasteiger partial charge in [0.05, 0.1) is 5.54 Å². The molecule has 0 radical (unpaired) electrons. The van der Waals surface area contributed by atoms with E-state index < -0.39 is 0 Å². The molecule has 0 spiro atoms. The van der Waals surface area contributed by atoms with Crippen molar-refractivity contribution in [3.05, 3.63) is 16.1 Å². The highest BCUT2D eigenvalue weighted by atomic mass is 32.1. The van der Waals surface area contributed by atoms with E-state index in [9.17, 15) is 4.79 Å². The fourth-order valence-corrected chi connectivity index (χ4v) is 2.36. The molecule has 1 aromatic heterocycles. The number of hydrogen-bond acceptors (Lipinski definition) is 4. The highest BCUT2D eigenvalue weighted by Crippen LogP contribution is 2.24. The maximum Gasteiger partial charge on any atom is 0.220 e. The van der Waals surface area contributed by atoms with Crippen LogP contribution in [-0.4, -0.2) is 24.5 Å². The molecule has 1 aromatic rings. The lowest BCUT2D eigenvalue weighted by Crippen LogP contribution is -2.41. The van der Waals surface area contributed by atoms with Crippen LogP contribution in [0.1, 0.15) is 36.6 Å². The van der Waals surface area contributed by atoms with Gasteiger partial charge in [0.2, 0.25) is 5.91 Å². The number of nitrogens with zero attached hydrogens (tertiary/aromatic N) is 1. The Labute approximate surface area is 107 Å². The fourth-order valence-electron chi connectivity index (χ4n) is 1.53. The third-order valence-corrected chi connectivity index (χ3v) is 3.67. The molecule has 0 saturated heterocycles. The molecule has 0 unspecified atom stereocenters. The van der Waals surface area contributed by atoms with Gasteiger partial charge < -0.3 is 10.6 Å². The highest BCUT2D eigenvalue weighted by molar-refractivity contribution is 7.11. The first-order valence-corrected chi connectivity index (χ1v) is 6.66. The molecule has 0 saturated carbocycles. The molecule has 0 bridgehead atoms. The lowest BCUT2D eigenvalue weighted by molar-refractivity contribution is -0.122. The second kappa shape index (κ2) is 6.12. The van der Waals surface area contributed by atoms with Crippen LogP contribution in [0.5, 0.6) is 0 Å². The van der Waals surface area contributed by atoms with E-state index in [1.807, 2.05) is 34.0 Å². The standard InChI is InChI=1S/C12H21N3OS/c1-9-8-14-11(17-9)12(2,3)15-10(16)6-5-7-13-4/h8,13H,5-7H2,1-4H3,(H,15,16). The number of hydrogen-bond donors (Lipinski definition) is 2. The quantitative estimate of drug-likeness (QED) is 0.762. The SMILES string of the molecule is CNCCCC(=O)NC(C)(C)c1ncc(C)s1. The van der Waals surface area contributed by atoms with Gasteiger partial charge in [-0.25, -0.2) is 4.98 Å². The minimum absolute atomic E-state index is 0.0816. The molecule has 0 aliphatic carbocycles. The summed E-state index contributed by atoms with van der Waals surface area (Å²) in [6.07, 6.45) is 3.25. The summed E-state index contributed by atoms with van der Waals surface area (Å²) in [6.45, 7) is 6.86. The number of nitrogens with one attached hydrogen (secondary N) is 2. The lowest BCUT2D eigenvalue weighted by Gasteiger charge is -2.23. The zero-order valence-corrected chi connectivity index (χ0v) is 11.8. The molecule has 0 aliphatic heterocycles. The third-order valence-electron chi connectivity index (χ3n) is 2.44. The summed E-state index contributed by atoms with van der Waals surface area (Å²) >= 11 is 1.63. The Bertz CT molecular complexity index is 374. The second-order valence-electron chi connectivity index (χ2n) is 4.66. The molecule has 0 fully saturated rings. The first-order valence-electron chi connectivity index (χ1n) is 5.84. The van der Waals surface area contributed by atoms with Gasteiger partial charge in [-0.2, -0.15) is 0 Å². The van der Waals surface area contributed by atoms with Crippen LogP contribution in [-0.2, 0) is 10.3 Å². The van der Waals surface area contributed by atoms with Crippen molar-refractivity contribution >= 4 is 17.2 Å². The van der Waals surface area contributed by atoms with Crippen LogP contribution in [0.4, 0.5) is 0 Å². The van der Waals surface area contributed by atoms with Gasteiger partial charge in [0.1, 0.15) is 5.01 Å². The maximum atomic E-state index is 11.8. The highest BCUT2D eigenvalue weighted by Gasteiger charge is 2.25. The van der Waals surface area contributed by atoms with Gasteiger partial charge in [-0.15, -0.1) is 11.3 Å². The Morgan fingerprint density at radius 3 is 2.76 bits per heavy atom. The normalized spacial score (nSPS) is 11.5. The molecule has 96 valence electrons. The van der Waals surface area contributed by atoms with Crippen molar-refractivity contribution in [2.75, 3.05) is 13.6 Å². The van der Waals surface area contributed by atoms with Crippen LogP contribution in [0.2, 0.25) is 0 Å². The zero-order chi connectivity index (χ0) is 12.9. The summed E-state index contributed by atoms with van der Waals surface area (Å²) in [7, 11) is 1.89. The number of rotatable bonds is 6. The minimum atomic E-state index is -0.379. The number of aromatic nitrogens is 1. The van der Waals surface area contributed by atoms with Crippen molar-refractivity contribution < 1.29 is 4.79 Å². The van der Waals surface area contributed by atoms with E-state index in [0.29, 0.717) is 6.42 Å². The Morgan fingerprint density at radius 2 is 2.24 bits per heavy atom. The summed E-state index contributed by atoms with van der Waals surface area (Å²) in [5.74, 6) is 0.0816. The van der Waals surface area contributed by atoms with E-state index in [1.54, 1.807) is 11.3 Å². The minimum Gasteiger partial charge on any atom is -0.345 e. The summed E-state index contributed by atoms with van der Waals surface area (Å²) in [5, 5.41) is 7.01. The van der Waals surface area contributed by atoms with E-state index in [2.05, 4.69) is 15.6 Å². The van der Waals surface area contributed by atoms with Gasteiger partial charge in [-0.3, -0.25) is 4.79 Å². The van der Waals surface area contributed by atoms with Crippen molar-refractivity contribution in [2.45, 2.75) is 39.2 Å². The molecule has 0 aliphatic rings. The topological polar surface area (TPSA) is 54.0 Å². The average molecular weight is 255 g/mol. The summed E-state index contributed by atoms with van der Waals surface area (Å²) in [5.41, 5.74) is -0.379. The van der Waals surface area contributed by atoms with Gasteiger partial charge in [0.15, 0.2) is 0 Å². The number of thiazole rings is 1. The fraction of sp³-hybridized carbons (Fsp3) is 0.667. The Kier molecular flexibility index (Phi) is 5.08. The zero-order valence-electron chi connectivity index (χ0n) is 11.0. The van der Waals surface area contributed by atoms with Gasteiger partial charge in [-0.1, -0.05) is 0 Å². The van der Waals surface area contributed by atoms with Crippen LogP contribution in [0.25, 0.3) is 0 Å². The molecule has 1 amide bonds. The number of aryl methyl sites for hydroxylation is 1. The average Bonchev–Trinajstić information content (AvgIpc) is 2.65. The molecule has 4 nitrogen and oxygen atoms in total. The summed E-state index contributed by atoms with van der Waals surface area (Å²) in [6, 6.07) is 0. The summed E-state index contributed by atoms with van der Waals surface area (Å²) in [4.78, 5) is 17.2. The van der Waals surface area contributed by atoms with E-state index >= 15 is 0 Å². The molecule has 2 N–H and O–H groups in total. The Morgan fingerprint density at radius 1 is 1.53 bits per heavy atom. The van der Waals surface area contributed by atoms with Crippen molar-refractivity contribution in [1.82, 2.24) is 15.6 Å². The number of carbonyl (C=O) groups is 1. The third kappa shape index (κ3) is 4.44. The predicted octanol–water partition coefficient (Wildman–Crippen LogP) is 1.80. The van der Waals surface area contributed by atoms with Crippen LogP contribution in [0, 0.1) is 6.92 Å². The first-order chi connectivity index (χ1) is 7.95. The van der Waals surface area contributed by atoms with Crippen molar-refractivity contribution in [1.29, 1.82) is 0 Å². The van der Waals surface area contributed by atoms with Gasteiger partial charge >= 0.3 is 0 Å². The lowest BCUT2D eigenvalue weighted by atomic mass is 10.1. The monoisotopic (exact) mass is 255 g/mol. The molecule has 1 rings (SSSR count). The smallest absolute Gasteiger partial charge is 0.220 e. The van der Waals surface area contributed by atoms with E-state index in [-0.39, 0.29) is 11.4 Å². The summed E-state index contributed by atoms with van der Waals surface area (Å²) < 4.78 is 0. The molecular formula is C12H21N3OS.